The Morgan fingerprint density at radius 3 is 2.50 bits per heavy atom. The van der Waals surface area contributed by atoms with Crippen LogP contribution in [0.1, 0.15) is 30.5 Å². The first-order valence-electron chi connectivity index (χ1n) is 12.4. The zero-order valence-corrected chi connectivity index (χ0v) is 20.9. The summed E-state index contributed by atoms with van der Waals surface area (Å²) in [5.41, 5.74) is 13.8. The average Bonchev–Trinajstić information content (AvgIpc) is 3.56. The number of H-pyrrole nitrogens is 2. The maximum atomic E-state index is 13.1. The van der Waals surface area contributed by atoms with E-state index in [9.17, 15) is 24.3 Å². The van der Waals surface area contributed by atoms with Gasteiger partial charge in [0.1, 0.15) is 12.1 Å². The summed E-state index contributed by atoms with van der Waals surface area (Å²) in [6, 6.07) is 4.46. The first kappa shape index (κ1) is 28.3. The number of unbranched alkanes of at least 4 members (excludes halogenated alkanes) is 1. The van der Waals surface area contributed by atoms with Crippen LogP contribution in [0.4, 0.5) is 0 Å². The third-order valence-electron chi connectivity index (χ3n) is 6.07. The topological polar surface area (TPSA) is 221 Å². The second-order valence-corrected chi connectivity index (χ2v) is 8.97. The van der Waals surface area contributed by atoms with E-state index in [2.05, 4.69) is 30.9 Å². The number of nitrogens with one attached hydrogen (secondary N) is 5. The molecule has 0 bridgehead atoms. The van der Waals surface area contributed by atoms with E-state index in [-0.39, 0.29) is 19.3 Å². The second-order valence-electron chi connectivity index (χ2n) is 8.97. The van der Waals surface area contributed by atoms with E-state index in [0.29, 0.717) is 25.1 Å². The fourth-order valence-electron chi connectivity index (χ4n) is 4.02. The van der Waals surface area contributed by atoms with Gasteiger partial charge >= 0.3 is 5.97 Å². The number of carbonyl (C=O) groups excluding carboxylic acids is 3. The van der Waals surface area contributed by atoms with Gasteiger partial charge in [-0.3, -0.25) is 14.4 Å². The van der Waals surface area contributed by atoms with Gasteiger partial charge < -0.3 is 42.5 Å². The van der Waals surface area contributed by atoms with Crippen molar-refractivity contribution in [3.8, 4) is 0 Å². The Bertz CT molecular complexity index is 1230. The fraction of sp³-hybridized carbons (Fsp3) is 0.400. The standard InChI is InChI=1S/C25H34N8O5/c26-8-4-3-7-20(25(37)38)32-22(34)13-30-24(36)21(9-15-11-29-19-6-2-1-5-17(15)19)33-23(35)18(27)10-16-12-28-14-31-16/h1-2,5-6,11-12,14,18,20-21,29H,3-4,7-10,13,26-27H2,(H,28,31)(H,30,36)(H,32,34)(H,33,35)(H,37,38). The van der Waals surface area contributed by atoms with Gasteiger partial charge in [-0.15, -0.1) is 0 Å². The highest BCUT2D eigenvalue weighted by Crippen LogP contribution is 2.19. The highest BCUT2D eigenvalue weighted by atomic mass is 16.4. The van der Waals surface area contributed by atoms with Crippen LogP contribution in [-0.2, 0) is 32.0 Å². The summed E-state index contributed by atoms with van der Waals surface area (Å²) in [6.07, 6.45) is 6.51. The predicted molar refractivity (Wildman–Crippen MR) is 140 cm³/mol. The number of hydrogen-bond acceptors (Lipinski definition) is 7. The Hall–Kier alpha value is -4.23. The predicted octanol–water partition coefficient (Wildman–Crippen LogP) is -0.697. The molecule has 0 saturated heterocycles. The van der Waals surface area contributed by atoms with Crippen LogP contribution >= 0.6 is 0 Å². The molecule has 2 aromatic heterocycles. The number of aromatic nitrogens is 3. The molecular formula is C25H34N8O5. The molecule has 0 aliphatic carbocycles. The lowest BCUT2D eigenvalue weighted by atomic mass is 10.0. The number of aliphatic carboxylic acids is 1. The molecule has 38 heavy (non-hydrogen) atoms. The number of carbonyl (C=O) groups is 4. The number of benzene rings is 1. The molecule has 3 atom stereocenters. The molecule has 1 aromatic carbocycles. The minimum absolute atomic E-state index is 0.136. The molecule has 0 fully saturated rings. The number of imidazole rings is 1. The van der Waals surface area contributed by atoms with Gasteiger partial charge in [0.15, 0.2) is 0 Å². The van der Waals surface area contributed by atoms with E-state index in [1.807, 2.05) is 24.3 Å². The van der Waals surface area contributed by atoms with Gasteiger partial charge in [0, 0.05) is 41.8 Å². The van der Waals surface area contributed by atoms with Gasteiger partial charge in [-0.1, -0.05) is 18.2 Å². The van der Waals surface area contributed by atoms with Crippen molar-refractivity contribution in [2.45, 2.75) is 50.2 Å². The first-order valence-corrected chi connectivity index (χ1v) is 12.4. The van der Waals surface area contributed by atoms with Gasteiger partial charge in [-0.2, -0.15) is 0 Å². The van der Waals surface area contributed by atoms with E-state index >= 15 is 0 Å². The minimum Gasteiger partial charge on any atom is -0.480 e. The van der Waals surface area contributed by atoms with Crippen LogP contribution in [0.3, 0.4) is 0 Å². The van der Waals surface area contributed by atoms with Crippen molar-refractivity contribution in [2.75, 3.05) is 13.1 Å². The molecule has 13 nitrogen and oxygen atoms in total. The van der Waals surface area contributed by atoms with Crippen molar-refractivity contribution in [1.29, 1.82) is 0 Å². The number of rotatable bonds is 15. The number of nitrogens with two attached hydrogens (primary N) is 2. The lowest BCUT2D eigenvalue weighted by molar-refractivity contribution is -0.142. The molecule has 0 saturated carbocycles. The van der Waals surface area contributed by atoms with Gasteiger partial charge in [0.05, 0.1) is 18.9 Å². The van der Waals surface area contributed by atoms with Crippen molar-refractivity contribution >= 4 is 34.6 Å². The van der Waals surface area contributed by atoms with Crippen molar-refractivity contribution in [2.24, 2.45) is 11.5 Å². The summed E-state index contributed by atoms with van der Waals surface area (Å²) >= 11 is 0. The Labute approximate surface area is 219 Å². The number of carboxylic acids is 1. The van der Waals surface area contributed by atoms with Crippen LogP contribution in [0.2, 0.25) is 0 Å². The number of carboxylic acid groups (broad SMARTS) is 1. The Kier molecular flexibility index (Phi) is 10.4. The quantitative estimate of drug-likeness (QED) is 0.118. The van der Waals surface area contributed by atoms with E-state index in [4.69, 9.17) is 11.5 Å². The van der Waals surface area contributed by atoms with E-state index in [1.165, 1.54) is 6.33 Å². The number of nitrogens with zero attached hydrogens (tertiary/aromatic N) is 1. The van der Waals surface area contributed by atoms with Crippen molar-refractivity contribution in [1.82, 2.24) is 30.9 Å². The highest BCUT2D eigenvalue weighted by Gasteiger charge is 2.26. The lowest BCUT2D eigenvalue weighted by Gasteiger charge is -2.21. The molecule has 2 heterocycles. The lowest BCUT2D eigenvalue weighted by Crippen LogP contribution is -2.54. The Morgan fingerprint density at radius 1 is 1.00 bits per heavy atom. The van der Waals surface area contributed by atoms with Crippen molar-refractivity contribution in [3.63, 3.8) is 0 Å². The molecule has 3 unspecified atom stereocenters. The minimum atomic E-state index is -1.17. The summed E-state index contributed by atoms with van der Waals surface area (Å²) in [5.74, 6) is -2.98. The molecule has 10 N–H and O–H groups in total. The molecule has 3 amide bonds. The third-order valence-corrected chi connectivity index (χ3v) is 6.07. The monoisotopic (exact) mass is 526 g/mol. The number of hydrogen-bond donors (Lipinski definition) is 8. The van der Waals surface area contributed by atoms with Gasteiger partial charge in [0.2, 0.25) is 17.7 Å². The molecule has 0 spiro atoms. The van der Waals surface area contributed by atoms with E-state index < -0.39 is 48.4 Å². The number of aromatic amines is 2. The SMILES string of the molecule is NCCCCC(NC(=O)CNC(=O)C(Cc1c[nH]c2ccccc12)NC(=O)C(N)Cc1cnc[nH]1)C(=O)O. The normalized spacial score (nSPS) is 13.4. The van der Waals surface area contributed by atoms with Gasteiger partial charge in [-0.25, -0.2) is 9.78 Å². The van der Waals surface area contributed by atoms with E-state index in [0.717, 1.165) is 16.5 Å². The van der Waals surface area contributed by atoms with Crippen molar-refractivity contribution < 1.29 is 24.3 Å². The van der Waals surface area contributed by atoms with Crippen molar-refractivity contribution in [3.05, 3.63) is 54.2 Å². The maximum Gasteiger partial charge on any atom is 0.326 e. The summed E-state index contributed by atoms with van der Waals surface area (Å²) in [4.78, 5) is 59.7. The highest BCUT2D eigenvalue weighted by molar-refractivity contribution is 5.93. The van der Waals surface area contributed by atoms with Crippen LogP contribution in [-0.4, -0.2) is 75.0 Å². The summed E-state index contributed by atoms with van der Waals surface area (Å²) < 4.78 is 0. The Balaban J connectivity index is 1.66. The molecule has 0 aliphatic rings. The zero-order valence-electron chi connectivity index (χ0n) is 20.9. The molecule has 0 radical (unpaired) electrons. The molecule has 0 aliphatic heterocycles. The van der Waals surface area contributed by atoms with Crippen LogP contribution in [0.15, 0.2) is 43.0 Å². The maximum absolute atomic E-state index is 13.1. The largest absolute Gasteiger partial charge is 0.480 e. The third kappa shape index (κ3) is 8.15. The molecule has 3 aromatic rings. The fourth-order valence-corrected chi connectivity index (χ4v) is 4.02. The molecular weight excluding hydrogens is 492 g/mol. The smallest absolute Gasteiger partial charge is 0.326 e. The number of fused-ring (bicyclic) bond motifs is 1. The van der Waals surface area contributed by atoms with Crippen LogP contribution in [0, 0.1) is 0 Å². The van der Waals surface area contributed by atoms with Gasteiger partial charge in [0.25, 0.3) is 0 Å². The molecule has 13 heteroatoms. The van der Waals surface area contributed by atoms with Crippen LogP contribution in [0.25, 0.3) is 10.9 Å². The van der Waals surface area contributed by atoms with E-state index in [1.54, 1.807) is 12.4 Å². The number of para-hydroxylation sites is 1. The Morgan fingerprint density at radius 2 is 1.79 bits per heavy atom. The van der Waals surface area contributed by atoms with Crippen LogP contribution < -0.4 is 27.4 Å². The first-order chi connectivity index (χ1) is 18.3. The zero-order chi connectivity index (χ0) is 27.5. The van der Waals surface area contributed by atoms with Gasteiger partial charge in [-0.05, 0) is 37.4 Å². The molecule has 3 rings (SSSR count). The molecule has 204 valence electrons. The average molecular weight is 527 g/mol. The summed E-state index contributed by atoms with van der Waals surface area (Å²) in [7, 11) is 0. The summed E-state index contributed by atoms with van der Waals surface area (Å²) in [6.45, 7) is -0.0363. The second kappa shape index (κ2) is 13.9. The number of amides is 3. The summed E-state index contributed by atoms with van der Waals surface area (Å²) in [5, 5.41) is 17.8. The van der Waals surface area contributed by atoms with Crippen LogP contribution in [0.5, 0.6) is 0 Å².